The Morgan fingerprint density at radius 3 is 2.35 bits per heavy atom. The summed E-state index contributed by atoms with van der Waals surface area (Å²) in [5.74, 6) is -0.968. The molecule has 1 aliphatic heterocycles. The molecular formula is C28H29F4NO4. The van der Waals surface area contributed by atoms with Crippen LogP contribution in [-0.4, -0.2) is 34.4 Å². The number of aryl methyl sites for hydroxylation is 1. The van der Waals surface area contributed by atoms with Gasteiger partial charge in [0.05, 0.1) is 17.2 Å². The number of aliphatic hydroxyl groups excluding tert-OH is 1. The van der Waals surface area contributed by atoms with Crippen LogP contribution in [0.1, 0.15) is 54.2 Å². The van der Waals surface area contributed by atoms with Crippen LogP contribution in [0.25, 0.3) is 10.8 Å². The Morgan fingerprint density at radius 2 is 1.73 bits per heavy atom. The van der Waals surface area contributed by atoms with Crippen molar-refractivity contribution in [3.63, 3.8) is 0 Å². The van der Waals surface area contributed by atoms with Crippen molar-refractivity contribution in [2.24, 2.45) is 5.41 Å². The first-order valence-electron chi connectivity index (χ1n) is 12.1. The molecule has 1 saturated heterocycles. The van der Waals surface area contributed by atoms with Crippen LogP contribution in [-0.2, 0) is 19.2 Å². The van der Waals surface area contributed by atoms with E-state index >= 15 is 0 Å². The summed E-state index contributed by atoms with van der Waals surface area (Å²) in [5.41, 5.74) is -0.787. The number of benzene rings is 3. The van der Waals surface area contributed by atoms with E-state index in [-0.39, 0.29) is 23.3 Å². The predicted octanol–water partition coefficient (Wildman–Crippen LogP) is 5.39. The molecule has 0 bridgehead atoms. The van der Waals surface area contributed by atoms with Crippen molar-refractivity contribution in [2.75, 3.05) is 0 Å². The molecule has 2 unspecified atom stereocenters. The van der Waals surface area contributed by atoms with E-state index in [0.717, 1.165) is 18.2 Å². The van der Waals surface area contributed by atoms with Crippen LogP contribution in [0.4, 0.5) is 17.6 Å². The summed E-state index contributed by atoms with van der Waals surface area (Å²) in [7, 11) is 0. The minimum atomic E-state index is -4.47. The van der Waals surface area contributed by atoms with Gasteiger partial charge in [0.25, 0.3) is 0 Å². The molecule has 0 radical (unpaired) electrons. The summed E-state index contributed by atoms with van der Waals surface area (Å²) < 4.78 is 60.8. The highest BCUT2D eigenvalue weighted by molar-refractivity contribution is 6.09. The van der Waals surface area contributed by atoms with Crippen molar-refractivity contribution in [1.82, 2.24) is 5.32 Å². The third kappa shape index (κ3) is 5.35. The van der Waals surface area contributed by atoms with Gasteiger partial charge in [-0.1, -0.05) is 57.5 Å². The van der Waals surface area contributed by atoms with E-state index in [1.807, 2.05) is 6.92 Å². The van der Waals surface area contributed by atoms with Crippen LogP contribution in [0.3, 0.4) is 0 Å². The van der Waals surface area contributed by atoms with Crippen molar-refractivity contribution in [3.05, 3.63) is 76.6 Å². The Kier molecular flexibility index (Phi) is 7.34. The second-order valence-corrected chi connectivity index (χ2v) is 9.98. The molecule has 3 N–H and O–H groups in total. The summed E-state index contributed by atoms with van der Waals surface area (Å²) in [6, 6.07) is 9.73. The number of carbonyl (C=O) groups excluding carboxylic acids is 1. The summed E-state index contributed by atoms with van der Waals surface area (Å²) in [4.78, 5) is 13.4. The van der Waals surface area contributed by atoms with Gasteiger partial charge >= 0.3 is 6.18 Å². The molecule has 198 valence electrons. The molecule has 0 amide bonds. The number of nitrogens with one attached hydrogen (secondary N) is 1. The molecule has 9 heteroatoms. The molecule has 1 aliphatic rings. The topological polar surface area (TPSA) is 88.7 Å². The predicted molar refractivity (Wildman–Crippen MR) is 131 cm³/mol. The molecule has 4 rings (SSSR count). The van der Waals surface area contributed by atoms with Gasteiger partial charge in [0.15, 0.2) is 12.1 Å². The number of ether oxygens (including phenoxy) is 1. The number of rotatable bonds is 9. The normalized spacial score (nSPS) is 17.9. The van der Waals surface area contributed by atoms with Gasteiger partial charge in [-0.05, 0) is 35.7 Å². The van der Waals surface area contributed by atoms with E-state index in [2.05, 4.69) is 5.32 Å². The lowest BCUT2D eigenvalue weighted by Crippen LogP contribution is -2.36. The zero-order valence-electron chi connectivity index (χ0n) is 20.7. The molecule has 3 aromatic carbocycles. The van der Waals surface area contributed by atoms with Gasteiger partial charge in [-0.3, -0.25) is 4.79 Å². The molecule has 3 aromatic rings. The minimum Gasteiger partial charge on any atom is -0.487 e. The number of fused-ring (bicyclic) bond motifs is 1. The number of aliphatic hydroxyl groups is 2. The van der Waals surface area contributed by atoms with Crippen molar-refractivity contribution in [2.45, 2.75) is 64.8 Å². The van der Waals surface area contributed by atoms with Crippen LogP contribution in [0, 0.1) is 11.2 Å². The Morgan fingerprint density at radius 1 is 1.05 bits per heavy atom. The van der Waals surface area contributed by atoms with Gasteiger partial charge in [0, 0.05) is 22.2 Å². The second-order valence-electron chi connectivity index (χ2n) is 9.98. The molecule has 0 spiro atoms. The van der Waals surface area contributed by atoms with E-state index < -0.39 is 47.1 Å². The maximum Gasteiger partial charge on any atom is 0.416 e. The van der Waals surface area contributed by atoms with E-state index in [4.69, 9.17) is 4.74 Å². The SMILES string of the molecule is CCCc1cc(C(F)(F)F)ccc1COc1c(C(=O)C2NC2C(C)(C)C(O)O)cc(F)c2ccccc12. The number of Topliss-reactive ketones (excluding diaryl/α,β-unsaturated/α-hetero) is 1. The van der Waals surface area contributed by atoms with Crippen LogP contribution < -0.4 is 10.1 Å². The smallest absolute Gasteiger partial charge is 0.416 e. The molecule has 0 saturated carbocycles. The zero-order chi connectivity index (χ0) is 27.1. The van der Waals surface area contributed by atoms with Gasteiger partial charge in [0.2, 0.25) is 0 Å². The quantitative estimate of drug-likeness (QED) is 0.153. The van der Waals surface area contributed by atoms with E-state index in [1.54, 1.807) is 38.1 Å². The lowest BCUT2D eigenvalue weighted by atomic mass is 9.85. The summed E-state index contributed by atoms with van der Waals surface area (Å²) in [6.45, 7) is 4.94. The van der Waals surface area contributed by atoms with Crippen LogP contribution in [0.2, 0.25) is 0 Å². The maximum atomic E-state index is 15.0. The van der Waals surface area contributed by atoms with Crippen molar-refractivity contribution in [1.29, 1.82) is 0 Å². The third-order valence-electron chi connectivity index (χ3n) is 6.97. The highest BCUT2D eigenvalue weighted by Crippen LogP contribution is 2.40. The average molecular weight is 520 g/mol. The number of carbonyl (C=O) groups is 1. The first kappa shape index (κ1) is 27.0. The summed E-state index contributed by atoms with van der Waals surface area (Å²) >= 11 is 0. The standard InChI is InChI=1S/C28H29F4NO4/c1-4-7-15-12-17(28(30,31)32)11-10-16(15)14-37-24-19-9-6-5-8-18(19)21(29)13-20(24)23(34)22-25(33-22)27(2,3)26(35)36/h5-6,8-13,22,25-26,33,35-36H,4,7,14H2,1-3H3. The molecule has 37 heavy (non-hydrogen) atoms. The fourth-order valence-electron chi connectivity index (χ4n) is 4.58. The maximum absolute atomic E-state index is 15.0. The van der Waals surface area contributed by atoms with Gasteiger partial charge < -0.3 is 20.3 Å². The molecular weight excluding hydrogens is 490 g/mol. The van der Waals surface area contributed by atoms with Gasteiger partial charge in [-0.25, -0.2) is 4.39 Å². The second kappa shape index (κ2) is 10.0. The van der Waals surface area contributed by atoms with Gasteiger partial charge in [-0.15, -0.1) is 0 Å². The fraction of sp³-hybridized carbons (Fsp3) is 0.393. The number of ketones is 1. The number of hydrogen-bond donors (Lipinski definition) is 3. The van der Waals surface area contributed by atoms with E-state index in [9.17, 15) is 32.6 Å². The van der Waals surface area contributed by atoms with Crippen molar-refractivity contribution >= 4 is 16.6 Å². The molecule has 1 heterocycles. The first-order chi connectivity index (χ1) is 17.4. The summed E-state index contributed by atoms with van der Waals surface area (Å²) in [6.07, 6.45) is -5.12. The number of alkyl halides is 3. The Labute approximate surface area is 212 Å². The molecule has 0 aliphatic carbocycles. The Bertz CT molecular complexity index is 1320. The van der Waals surface area contributed by atoms with Crippen molar-refractivity contribution in [3.8, 4) is 5.75 Å². The highest BCUT2D eigenvalue weighted by atomic mass is 19.4. The summed E-state index contributed by atoms with van der Waals surface area (Å²) in [5, 5.41) is 22.9. The van der Waals surface area contributed by atoms with Crippen LogP contribution in [0.5, 0.6) is 5.75 Å². The highest BCUT2D eigenvalue weighted by Gasteiger charge is 2.54. The number of halogens is 4. The van der Waals surface area contributed by atoms with Gasteiger partial charge in [0.1, 0.15) is 18.2 Å². The Balaban J connectivity index is 1.71. The molecule has 5 nitrogen and oxygen atoms in total. The van der Waals surface area contributed by atoms with Crippen molar-refractivity contribution < 1.29 is 37.3 Å². The van der Waals surface area contributed by atoms with Crippen LogP contribution in [0.15, 0.2) is 48.5 Å². The van der Waals surface area contributed by atoms with Gasteiger partial charge in [-0.2, -0.15) is 13.2 Å². The molecule has 1 fully saturated rings. The monoisotopic (exact) mass is 519 g/mol. The molecule has 0 aromatic heterocycles. The number of hydrogen-bond acceptors (Lipinski definition) is 5. The third-order valence-corrected chi connectivity index (χ3v) is 6.97. The van der Waals surface area contributed by atoms with E-state index in [1.165, 1.54) is 6.07 Å². The lowest BCUT2D eigenvalue weighted by Gasteiger charge is -2.25. The minimum absolute atomic E-state index is 0.0246. The Hall–Kier alpha value is -3.01. The molecule has 2 atom stereocenters. The van der Waals surface area contributed by atoms with E-state index in [0.29, 0.717) is 29.4 Å². The largest absolute Gasteiger partial charge is 0.487 e. The zero-order valence-corrected chi connectivity index (χ0v) is 20.7. The first-order valence-corrected chi connectivity index (χ1v) is 12.1. The average Bonchev–Trinajstić information content (AvgIpc) is 3.65. The van der Waals surface area contributed by atoms with Crippen LogP contribution >= 0.6 is 0 Å². The fourth-order valence-corrected chi connectivity index (χ4v) is 4.58. The lowest BCUT2D eigenvalue weighted by molar-refractivity contribution is -0.137.